The molecule has 18 rings (SSSR count). The molecule has 3 amide bonds. The molecule has 0 atom stereocenters. The number of aliphatic hydroxyl groups is 3. The SMILES string of the molecule is O=C1NCc2c(-c3cnc4c(F)cccn34)ccc(Nc3ccc(N4CCC(O)CC4)cn3)c21.O=C1NCc2c(-c3cnc4ccc(C(F)(F)F)cn34)ccc(Nc3ccc(N4CCC(O)CC4)cn3)c21.O=C1NCc2c(-c3cnn4ccccc34)ccc(Nc3ccc(N4CCC(O)CC4)cn3)c21. The van der Waals surface area contributed by atoms with E-state index in [4.69, 9.17) is 0 Å². The Hall–Kier alpha value is -12.0. The first-order chi connectivity index (χ1) is 50.5. The topological polar surface area (TPSA) is 284 Å². The molecule has 3 fully saturated rings. The average molecular weight is 1410 g/mol. The van der Waals surface area contributed by atoms with Crippen LogP contribution < -0.4 is 46.6 Å². The summed E-state index contributed by atoms with van der Waals surface area (Å²) in [7, 11) is 0. The molecule has 12 aromatic rings. The van der Waals surface area contributed by atoms with Crippen molar-refractivity contribution in [2.24, 2.45) is 0 Å². The van der Waals surface area contributed by atoms with Crippen molar-refractivity contribution in [2.45, 2.75) is 82.6 Å². The van der Waals surface area contributed by atoms with Gasteiger partial charge >= 0.3 is 6.18 Å². The van der Waals surface area contributed by atoms with Crippen LogP contribution in [-0.4, -0.2) is 134 Å². The molecule has 6 aliphatic rings. The summed E-state index contributed by atoms with van der Waals surface area (Å²) in [5, 5.41) is 52.1. The van der Waals surface area contributed by atoms with E-state index < -0.39 is 17.6 Å². The first kappa shape index (κ1) is 66.5. The number of hydrogen-bond acceptors (Lipinski definition) is 18. The summed E-state index contributed by atoms with van der Waals surface area (Å²) in [4.78, 5) is 66.9. The molecule has 0 radical (unpaired) electrons. The number of pyridine rings is 6. The molecule has 15 heterocycles. The van der Waals surface area contributed by atoms with Gasteiger partial charge in [-0.15, -0.1) is 0 Å². The number of carbonyl (C=O) groups is 3. The molecule has 0 bridgehead atoms. The van der Waals surface area contributed by atoms with Crippen molar-refractivity contribution >= 4 is 86.1 Å². The van der Waals surface area contributed by atoms with Crippen molar-refractivity contribution in [3.63, 3.8) is 0 Å². The summed E-state index contributed by atoms with van der Waals surface area (Å²) in [5.74, 6) is 0.951. The fraction of sp³-hybridized carbons (Fsp3) is 0.250. The number of piperidine rings is 3. The molecule has 28 heteroatoms. The molecule has 528 valence electrons. The zero-order valence-corrected chi connectivity index (χ0v) is 55.9. The van der Waals surface area contributed by atoms with Gasteiger partial charge in [-0.05, 0) is 152 Å². The van der Waals surface area contributed by atoms with Crippen LogP contribution in [0.5, 0.6) is 0 Å². The van der Waals surface area contributed by atoms with Gasteiger partial charge < -0.3 is 61.9 Å². The number of aromatic nitrogens is 9. The lowest BCUT2D eigenvalue weighted by Gasteiger charge is -2.31. The number of rotatable bonds is 12. The number of benzene rings is 3. The third-order valence-corrected chi connectivity index (χ3v) is 20.0. The lowest BCUT2D eigenvalue weighted by Crippen LogP contribution is -2.35. The number of hydrogen-bond donors (Lipinski definition) is 9. The molecular weight excluding hydrogens is 1340 g/mol. The second-order valence-electron chi connectivity index (χ2n) is 26.4. The van der Waals surface area contributed by atoms with Gasteiger partial charge in [0.25, 0.3) is 17.7 Å². The van der Waals surface area contributed by atoms with Crippen LogP contribution >= 0.6 is 0 Å². The van der Waals surface area contributed by atoms with E-state index in [1.165, 1.54) is 22.7 Å². The van der Waals surface area contributed by atoms with Gasteiger partial charge in [-0.3, -0.25) is 23.2 Å². The second-order valence-corrected chi connectivity index (χ2v) is 26.4. The molecule has 3 saturated heterocycles. The lowest BCUT2D eigenvalue weighted by atomic mass is 9.96. The summed E-state index contributed by atoms with van der Waals surface area (Å²) in [6.45, 7) is 5.90. The van der Waals surface area contributed by atoms with Gasteiger partial charge in [-0.25, -0.2) is 33.8 Å². The van der Waals surface area contributed by atoms with Crippen LogP contribution in [0.1, 0.15) is 91.9 Å². The predicted octanol–water partition coefficient (Wildman–Crippen LogP) is 11.2. The first-order valence-electron chi connectivity index (χ1n) is 34.4. The van der Waals surface area contributed by atoms with Crippen molar-refractivity contribution in [1.29, 1.82) is 0 Å². The fourth-order valence-electron chi connectivity index (χ4n) is 14.5. The number of alkyl halides is 3. The summed E-state index contributed by atoms with van der Waals surface area (Å²) in [6, 6.07) is 34.2. The zero-order valence-electron chi connectivity index (χ0n) is 55.9. The van der Waals surface area contributed by atoms with E-state index in [9.17, 15) is 47.3 Å². The lowest BCUT2D eigenvalue weighted by molar-refractivity contribution is -0.137. The largest absolute Gasteiger partial charge is 0.417 e. The number of nitrogens with zero attached hydrogens (tertiary/aromatic N) is 12. The van der Waals surface area contributed by atoms with Gasteiger partial charge in [0.2, 0.25) is 0 Å². The number of fused-ring (bicyclic) bond motifs is 6. The third-order valence-electron chi connectivity index (χ3n) is 20.0. The number of nitrogens with one attached hydrogen (secondary N) is 6. The van der Waals surface area contributed by atoms with E-state index in [0.717, 1.165) is 152 Å². The van der Waals surface area contributed by atoms with E-state index in [1.54, 1.807) is 41.2 Å². The Kier molecular flexibility index (Phi) is 17.7. The Morgan fingerprint density at radius 2 is 0.894 bits per heavy atom. The fourth-order valence-corrected chi connectivity index (χ4v) is 14.5. The van der Waals surface area contributed by atoms with Gasteiger partial charge in [-0.2, -0.15) is 18.3 Å². The maximum atomic E-state index is 14.1. The number of carbonyl (C=O) groups excluding carboxylic acids is 3. The molecule has 6 aliphatic heterocycles. The smallest absolute Gasteiger partial charge is 0.393 e. The first-order valence-corrected chi connectivity index (χ1v) is 34.4. The minimum atomic E-state index is -4.49. The van der Waals surface area contributed by atoms with Crippen molar-refractivity contribution in [3.8, 4) is 33.6 Å². The number of anilines is 9. The minimum absolute atomic E-state index is 0.0886. The molecule has 9 aromatic heterocycles. The minimum Gasteiger partial charge on any atom is -0.393 e. The molecule has 0 saturated carbocycles. The van der Waals surface area contributed by atoms with E-state index in [-0.39, 0.29) is 48.2 Å². The van der Waals surface area contributed by atoms with E-state index >= 15 is 0 Å². The number of aliphatic hydroxyl groups excluding tert-OH is 3. The van der Waals surface area contributed by atoms with Gasteiger partial charge in [0.05, 0.1) is 129 Å². The highest BCUT2D eigenvalue weighted by molar-refractivity contribution is 6.08. The Balaban J connectivity index is 0.000000120. The van der Waals surface area contributed by atoms with Crippen molar-refractivity contribution < 1.29 is 47.3 Å². The Bertz CT molecular complexity index is 5260. The normalized spacial score (nSPS) is 16.1. The molecule has 0 aliphatic carbocycles. The van der Waals surface area contributed by atoms with E-state index in [0.29, 0.717) is 81.1 Å². The summed E-state index contributed by atoms with van der Waals surface area (Å²) >= 11 is 0. The molecule has 0 spiro atoms. The van der Waals surface area contributed by atoms with Crippen LogP contribution in [0.2, 0.25) is 0 Å². The summed E-state index contributed by atoms with van der Waals surface area (Å²) in [6.07, 6.45) is 14.4. The zero-order chi connectivity index (χ0) is 71.3. The van der Waals surface area contributed by atoms with Crippen molar-refractivity contribution in [2.75, 3.05) is 69.9 Å². The van der Waals surface area contributed by atoms with Gasteiger partial charge in [0.15, 0.2) is 11.5 Å². The number of imidazole rings is 2. The quantitative estimate of drug-likeness (QED) is 0.0514. The van der Waals surface area contributed by atoms with Crippen LogP contribution in [0.3, 0.4) is 0 Å². The molecule has 3 aromatic carbocycles. The Labute approximate surface area is 592 Å². The van der Waals surface area contributed by atoms with Crippen LogP contribution in [-0.2, 0) is 25.8 Å². The van der Waals surface area contributed by atoms with Crippen LogP contribution in [0.4, 0.5) is 69.1 Å². The van der Waals surface area contributed by atoms with Gasteiger partial charge in [0, 0.05) is 94.2 Å². The molecule has 9 N–H and O–H groups in total. The van der Waals surface area contributed by atoms with E-state index in [1.807, 2.05) is 108 Å². The van der Waals surface area contributed by atoms with Gasteiger partial charge in [0.1, 0.15) is 23.1 Å². The highest BCUT2D eigenvalue weighted by atomic mass is 19.4. The maximum Gasteiger partial charge on any atom is 0.417 e. The monoisotopic (exact) mass is 1410 g/mol. The van der Waals surface area contributed by atoms with Crippen LogP contribution in [0.25, 0.3) is 50.5 Å². The number of amides is 3. The maximum absolute atomic E-state index is 14.1. The number of halogens is 4. The Morgan fingerprint density at radius 3 is 1.36 bits per heavy atom. The highest BCUT2D eigenvalue weighted by Crippen LogP contribution is 2.41. The third kappa shape index (κ3) is 13.1. The Morgan fingerprint density at radius 1 is 0.442 bits per heavy atom. The van der Waals surface area contributed by atoms with Crippen molar-refractivity contribution in [1.82, 2.24) is 59.3 Å². The van der Waals surface area contributed by atoms with Crippen LogP contribution in [0.15, 0.2) is 171 Å². The second kappa shape index (κ2) is 27.7. The van der Waals surface area contributed by atoms with Crippen LogP contribution in [0, 0.1) is 5.82 Å². The molecular formula is C76H70F4N18O6. The summed E-state index contributed by atoms with van der Waals surface area (Å²) < 4.78 is 59.0. The average Bonchev–Trinajstić information content (AvgIpc) is 1.60. The van der Waals surface area contributed by atoms with Crippen molar-refractivity contribution in [3.05, 3.63) is 216 Å². The highest BCUT2D eigenvalue weighted by Gasteiger charge is 2.34. The molecule has 24 nitrogen and oxygen atoms in total. The molecule has 0 unspecified atom stereocenters. The van der Waals surface area contributed by atoms with Gasteiger partial charge in [-0.1, -0.05) is 24.3 Å². The predicted molar refractivity (Wildman–Crippen MR) is 385 cm³/mol. The molecule has 104 heavy (non-hydrogen) atoms. The standard InChI is InChI=1S/C26H23F3N6O2.C25H23FN6O2.C25H24N6O2/c27-26(28,29)15-1-6-23-31-13-21(35(23)14-15)18-3-4-20(24-19(18)12-32-25(24)37)33-22-5-2-16(11-30-22)34-9-7-17(36)8-10-34;26-19-2-1-9-32-21(14-28-24(19)32)17-4-5-20(23-18(17)13-29-25(23)34)30-22-6-3-15(12-27-22)31-10-7-16(33)8-11-31;32-17-8-11-30(12-9-17)16-4-7-23(26-13-16)29-21-6-5-18(20-14-27-25(33)24(20)21)19-15-28-31-10-2-1-3-22(19)31/h1-6,11,13-14,17,36H,7-10,12H2,(H,30,33)(H,32,37);1-6,9,12,14,16,33H,7-8,10-11,13H2,(H,27,30)(H,29,34);1-7,10,13,15,17,32H,8-9,11-12,14H2,(H,26,29)(H,27,33). The summed E-state index contributed by atoms with van der Waals surface area (Å²) in [5.41, 5.74) is 14.6. The van der Waals surface area contributed by atoms with E-state index in [2.05, 4.69) is 76.6 Å².